The van der Waals surface area contributed by atoms with E-state index in [1.54, 1.807) is 11.3 Å². The Kier molecular flexibility index (Phi) is 3.72. The number of thiazole rings is 1. The van der Waals surface area contributed by atoms with Crippen molar-refractivity contribution in [3.8, 4) is 0 Å². The van der Waals surface area contributed by atoms with Crippen LogP contribution in [-0.2, 0) is 17.6 Å². The summed E-state index contributed by atoms with van der Waals surface area (Å²) in [4.78, 5) is 4.75. The molecule has 0 saturated carbocycles. The third-order valence-corrected chi connectivity index (χ3v) is 4.31. The summed E-state index contributed by atoms with van der Waals surface area (Å²) in [7, 11) is 0. The Balaban J connectivity index is 1.60. The lowest BCUT2D eigenvalue weighted by Gasteiger charge is -2.01. The molecule has 0 radical (unpaired) electrons. The zero-order chi connectivity index (χ0) is 12.2. The topological polar surface area (TPSA) is 22.1 Å². The molecule has 0 spiro atoms. The molecule has 2 nitrogen and oxygen atoms in total. The minimum atomic E-state index is 0.534. The molecule has 1 aromatic carbocycles. The number of ether oxygens (including phenoxy) is 1. The summed E-state index contributed by atoms with van der Waals surface area (Å²) in [5.74, 6) is 0.534. The normalized spacial score (nSPS) is 19.2. The second kappa shape index (κ2) is 5.63. The van der Waals surface area contributed by atoms with Crippen LogP contribution >= 0.6 is 11.3 Å². The first-order valence-electron chi connectivity index (χ1n) is 6.48. The van der Waals surface area contributed by atoms with Crippen LogP contribution in [0.5, 0.6) is 0 Å². The van der Waals surface area contributed by atoms with Gasteiger partial charge in [0.05, 0.1) is 17.3 Å². The highest BCUT2D eigenvalue weighted by Gasteiger charge is 2.20. The monoisotopic (exact) mass is 259 g/mol. The lowest BCUT2D eigenvalue weighted by atomic mass is 10.1. The molecule has 0 amide bonds. The van der Waals surface area contributed by atoms with Crippen LogP contribution in [0, 0.1) is 0 Å². The Morgan fingerprint density at radius 3 is 2.89 bits per heavy atom. The molecule has 3 heteroatoms. The summed E-state index contributed by atoms with van der Waals surface area (Å²) >= 11 is 1.79. The molecule has 1 fully saturated rings. The van der Waals surface area contributed by atoms with Gasteiger partial charge in [0.1, 0.15) is 0 Å². The molecule has 94 valence electrons. The number of hydrogen-bond donors (Lipinski definition) is 0. The molecular weight excluding hydrogens is 242 g/mol. The SMILES string of the molecule is c1ccc(CCc2nc(C3CCOC3)cs2)cc1. The zero-order valence-electron chi connectivity index (χ0n) is 10.3. The van der Waals surface area contributed by atoms with E-state index in [-0.39, 0.29) is 0 Å². The fourth-order valence-corrected chi connectivity index (χ4v) is 3.17. The van der Waals surface area contributed by atoms with Gasteiger partial charge >= 0.3 is 0 Å². The molecule has 18 heavy (non-hydrogen) atoms. The summed E-state index contributed by atoms with van der Waals surface area (Å²) in [6, 6.07) is 10.6. The minimum absolute atomic E-state index is 0.534. The first-order chi connectivity index (χ1) is 8.92. The van der Waals surface area contributed by atoms with Gasteiger partial charge in [-0.2, -0.15) is 0 Å². The average Bonchev–Trinajstić information content (AvgIpc) is 3.08. The molecule has 0 N–H and O–H groups in total. The molecule has 1 saturated heterocycles. The number of hydrogen-bond acceptors (Lipinski definition) is 3. The van der Waals surface area contributed by atoms with E-state index in [0.29, 0.717) is 5.92 Å². The van der Waals surface area contributed by atoms with Crippen molar-refractivity contribution in [2.75, 3.05) is 13.2 Å². The molecule has 1 unspecified atom stereocenters. The fourth-order valence-electron chi connectivity index (χ4n) is 2.29. The fraction of sp³-hybridized carbons (Fsp3) is 0.400. The van der Waals surface area contributed by atoms with E-state index in [4.69, 9.17) is 9.72 Å². The number of benzene rings is 1. The van der Waals surface area contributed by atoms with Crippen molar-refractivity contribution in [2.24, 2.45) is 0 Å². The zero-order valence-corrected chi connectivity index (χ0v) is 11.2. The quantitative estimate of drug-likeness (QED) is 0.839. The molecule has 1 atom stereocenters. The molecule has 2 aromatic rings. The van der Waals surface area contributed by atoms with Crippen molar-refractivity contribution in [1.29, 1.82) is 0 Å². The van der Waals surface area contributed by atoms with Crippen LogP contribution in [-0.4, -0.2) is 18.2 Å². The van der Waals surface area contributed by atoms with Gasteiger partial charge < -0.3 is 4.74 Å². The summed E-state index contributed by atoms with van der Waals surface area (Å²) in [6.45, 7) is 1.74. The highest BCUT2D eigenvalue weighted by atomic mass is 32.1. The predicted molar refractivity (Wildman–Crippen MR) is 74.1 cm³/mol. The van der Waals surface area contributed by atoms with E-state index in [9.17, 15) is 0 Å². The van der Waals surface area contributed by atoms with Crippen LogP contribution in [0.2, 0.25) is 0 Å². The number of rotatable bonds is 4. The summed E-state index contributed by atoms with van der Waals surface area (Å²) < 4.78 is 5.41. The van der Waals surface area contributed by atoms with E-state index in [0.717, 1.165) is 32.5 Å². The smallest absolute Gasteiger partial charge is 0.0931 e. The summed E-state index contributed by atoms with van der Waals surface area (Å²) in [6.07, 6.45) is 3.25. The van der Waals surface area contributed by atoms with Crippen LogP contribution in [0.25, 0.3) is 0 Å². The van der Waals surface area contributed by atoms with Gasteiger partial charge in [0.15, 0.2) is 0 Å². The molecule has 3 rings (SSSR count). The molecular formula is C15H17NOS. The van der Waals surface area contributed by atoms with Gasteiger partial charge in [-0.25, -0.2) is 4.98 Å². The number of aryl methyl sites for hydroxylation is 2. The van der Waals surface area contributed by atoms with Crippen LogP contribution in [0.15, 0.2) is 35.7 Å². The number of nitrogens with zero attached hydrogens (tertiary/aromatic N) is 1. The van der Waals surface area contributed by atoms with Gasteiger partial charge in [0.2, 0.25) is 0 Å². The lowest BCUT2D eigenvalue weighted by molar-refractivity contribution is 0.193. The first-order valence-corrected chi connectivity index (χ1v) is 7.36. The van der Waals surface area contributed by atoms with E-state index < -0.39 is 0 Å². The average molecular weight is 259 g/mol. The maximum atomic E-state index is 5.41. The van der Waals surface area contributed by atoms with Crippen LogP contribution in [0.3, 0.4) is 0 Å². The van der Waals surface area contributed by atoms with E-state index in [1.807, 2.05) is 0 Å². The maximum Gasteiger partial charge on any atom is 0.0931 e. The van der Waals surface area contributed by atoms with Crippen molar-refractivity contribution < 1.29 is 4.74 Å². The third kappa shape index (κ3) is 2.79. The molecule has 1 aliphatic heterocycles. The molecule has 1 aliphatic rings. The summed E-state index contributed by atoms with van der Waals surface area (Å²) in [5.41, 5.74) is 2.62. The highest BCUT2D eigenvalue weighted by molar-refractivity contribution is 7.09. The second-order valence-electron chi connectivity index (χ2n) is 4.71. The molecule has 0 aliphatic carbocycles. The predicted octanol–water partition coefficient (Wildman–Crippen LogP) is 3.43. The van der Waals surface area contributed by atoms with Crippen molar-refractivity contribution in [1.82, 2.24) is 4.98 Å². The van der Waals surface area contributed by atoms with Gasteiger partial charge in [-0.3, -0.25) is 0 Å². The van der Waals surface area contributed by atoms with Crippen molar-refractivity contribution >= 4 is 11.3 Å². The minimum Gasteiger partial charge on any atom is -0.381 e. The van der Waals surface area contributed by atoms with Gasteiger partial charge in [-0.05, 0) is 18.4 Å². The Hall–Kier alpha value is -1.19. The Labute approximate surface area is 112 Å². The Morgan fingerprint density at radius 1 is 1.22 bits per heavy atom. The summed E-state index contributed by atoms with van der Waals surface area (Å²) in [5, 5.41) is 3.46. The highest BCUT2D eigenvalue weighted by Crippen LogP contribution is 2.26. The maximum absolute atomic E-state index is 5.41. The Morgan fingerprint density at radius 2 is 2.11 bits per heavy atom. The van der Waals surface area contributed by atoms with Crippen molar-refractivity contribution in [3.63, 3.8) is 0 Å². The molecule has 1 aromatic heterocycles. The largest absolute Gasteiger partial charge is 0.381 e. The van der Waals surface area contributed by atoms with Crippen molar-refractivity contribution in [3.05, 3.63) is 52.0 Å². The lowest BCUT2D eigenvalue weighted by Crippen LogP contribution is -1.98. The van der Waals surface area contributed by atoms with E-state index >= 15 is 0 Å². The first kappa shape index (κ1) is 11.9. The van der Waals surface area contributed by atoms with Gasteiger partial charge in [0.25, 0.3) is 0 Å². The van der Waals surface area contributed by atoms with Crippen LogP contribution in [0.4, 0.5) is 0 Å². The van der Waals surface area contributed by atoms with E-state index in [1.165, 1.54) is 16.3 Å². The van der Waals surface area contributed by atoms with Crippen LogP contribution in [0.1, 0.15) is 28.6 Å². The van der Waals surface area contributed by atoms with Gasteiger partial charge in [-0.1, -0.05) is 30.3 Å². The number of aromatic nitrogens is 1. The van der Waals surface area contributed by atoms with E-state index in [2.05, 4.69) is 35.7 Å². The van der Waals surface area contributed by atoms with Gasteiger partial charge in [-0.15, -0.1) is 11.3 Å². The Bertz CT molecular complexity index is 488. The van der Waals surface area contributed by atoms with Gasteiger partial charge in [0, 0.05) is 24.3 Å². The van der Waals surface area contributed by atoms with Crippen molar-refractivity contribution in [2.45, 2.75) is 25.2 Å². The molecule has 2 heterocycles. The second-order valence-corrected chi connectivity index (χ2v) is 5.65. The van der Waals surface area contributed by atoms with Crippen LogP contribution < -0.4 is 0 Å². The molecule has 0 bridgehead atoms. The standard InChI is InChI=1S/C15H17NOS/c1-2-4-12(5-3-1)6-7-15-16-14(11-18-15)13-8-9-17-10-13/h1-5,11,13H,6-10H2. The third-order valence-electron chi connectivity index (χ3n) is 3.39.